The van der Waals surface area contributed by atoms with E-state index in [1.54, 1.807) is 24.1 Å². The number of fused-ring (bicyclic) bond motifs is 2. The minimum absolute atomic E-state index is 0.113. The average Bonchev–Trinajstić information content (AvgIpc) is 3.16. The lowest BCUT2D eigenvalue weighted by atomic mass is 9.95. The third kappa shape index (κ3) is 4.18. The second-order valence-corrected chi connectivity index (χ2v) is 10.00. The number of methoxy groups -OCH3 is 1. The maximum atomic E-state index is 13.8. The molecule has 5 nitrogen and oxygen atoms in total. The van der Waals surface area contributed by atoms with Gasteiger partial charge in [0.2, 0.25) is 5.76 Å². The summed E-state index contributed by atoms with van der Waals surface area (Å²) in [6.07, 6.45) is 0.628. The van der Waals surface area contributed by atoms with Gasteiger partial charge in [0.05, 0.1) is 24.1 Å². The van der Waals surface area contributed by atoms with Crippen LogP contribution in [0.2, 0.25) is 5.02 Å². The molecule has 6 heteroatoms. The van der Waals surface area contributed by atoms with Gasteiger partial charge in [0.1, 0.15) is 11.3 Å². The molecule has 1 aliphatic rings. The first-order valence-corrected chi connectivity index (χ1v) is 12.5. The van der Waals surface area contributed by atoms with E-state index < -0.39 is 6.04 Å². The molecule has 0 radical (unpaired) electrons. The van der Waals surface area contributed by atoms with Crippen molar-refractivity contribution in [1.82, 2.24) is 4.90 Å². The van der Waals surface area contributed by atoms with E-state index >= 15 is 0 Å². The first-order chi connectivity index (χ1) is 17.3. The number of hydrogen-bond donors (Lipinski definition) is 0. The van der Waals surface area contributed by atoms with Gasteiger partial charge in [-0.1, -0.05) is 61.8 Å². The molecule has 0 aliphatic carbocycles. The molecule has 1 aliphatic heterocycles. The molecule has 1 amide bonds. The maximum Gasteiger partial charge on any atom is 0.290 e. The van der Waals surface area contributed by atoms with Crippen LogP contribution < -0.4 is 10.2 Å². The molecule has 5 rings (SSSR count). The van der Waals surface area contributed by atoms with Crippen molar-refractivity contribution in [2.24, 2.45) is 0 Å². The van der Waals surface area contributed by atoms with Gasteiger partial charge in [0, 0.05) is 11.6 Å². The molecule has 4 aromatic rings. The normalized spacial score (nSPS) is 15.1. The molecular weight excluding hydrogens is 474 g/mol. The number of nitrogens with zero attached hydrogens (tertiary/aromatic N) is 1. The van der Waals surface area contributed by atoms with Crippen molar-refractivity contribution >= 4 is 28.5 Å². The Morgan fingerprint density at radius 2 is 1.72 bits per heavy atom. The van der Waals surface area contributed by atoms with Crippen LogP contribution in [-0.2, 0) is 6.42 Å². The minimum Gasteiger partial charge on any atom is -0.497 e. The molecule has 3 aromatic carbocycles. The van der Waals surface area contributed by atoms with Gasteiger partial charge in [-0.2, -0.15) is 0 Å². The van der Waals surface area contributed by atoms with Crippen molar-refractivity contribution in [2.75, 3.05) is 13.7 Å². The number of carbonyl (C=O) groups is 1. The smallest absolute Gasteiger partial charge is 0.290 e. The van der Waals surface area contributed by atoms with Gasteiger partial charge in [-0.05, 0) is 65.8 Å². The van der Waals surface area contributed by atoms with E-state index in [0.717, 1.165) is 22.4 Å². The van der Waals surface area contributed by atoms with Crippen LogP contribution in [0.3, 0.4) is 0 Å². The Labute approximate surface area is 215 Å². The molecule has 36 heavy (non-hydrogen) atoms. The van der Waals surface area contributed by atoms with Gasteiger partial charge in [0.25, 0.3) is 5.91 Å². The lowest BCUT2D eigenvalue weighted by Gasteiger charge is -2.25. The van der Waals surface area contributed by atoms with Crippen molar-refractivity contribution in [3.63, 3.8) is 0 Å². The standard InChI is InChI=1S/C30H28ClNO4/c1-17(2)20-7-9-21(10-8-20)27-26-28(33)23-16-24(31)18(3)15-25(23)36-29(26)30(34)32(27)14-13-19-5-11-22(35-4)12-6-19/h5-12,15-17,27H,13-14H2,1-4H3/t27-/m1/s1. The predicted molar refractivity (Wildman–Crippen MR) is 142 cm³/mol. The van der Waals surface area contributed by atoms with Gasteiger partial charge in [0.15, 0.2) is 5.43 Å². The number of hydrogen-bond acceptors (Lipinski definition) is 4. The Morgan fingerprint density at radius 1 is 1.03 bits per heavy atom. The number of carbonyl (C=O) groups excluding carboxylic acids is 1. The summed E-state index contributed by atoms with van der Waals surface area (Å²) in [5, 5.41) is 0.881. The van der Waals surface area contributed by atoms with Gasteiger partial charge in [-0.15, -0.1) is 0 Å². The summed E-state index contributed by atoms with van der Waals surface area (Å²) in [7, 11) is 1.63. The zero-order chi connectivity index (χ0) is 25.6. The fourth-order valence-corrected chi connectivity index (χ4v) is 4.99. The van der Waals surface area contributed by atoms with Crippen molar-refractivity contribution < 1.29 is 13.9 Å². The molecule has 0 bridgehead atoms. The summed E-state index contributed by atoms with van der Waals surface area (Å²) in [4.78, 5) is 29.2. The van der Waals surface area contributed by atoms with Crippen LogP contribution in [0.1, 0.15) is 64.2 Å². The van der Waals surface area contributed by atoms with E-state index in [9.17, 15) is 9.59 Å². The Morgan fingerprint density at radius 3 is 2.36 bits per heavy atom. The number of halogens is 1. The Balaban J connectivity index is 1.61. The van der Waals surface area contributed by atoms with Crippen molar-refractivity contribution in [3.8, 4) is 5.75 Å². The van der Waals surface area contributed by atoms with Crippen LogP contribution in [0, 0.1) is 6.92 Å². The monoisotopic (exact) mass is 501 g/mol. The predicted octanol–water partition coefficient (Wildman–Crippen LogP) is 6.67. The highest BCUT2D eigenvalue weighted by molar-refractivity contribution is 6.32. The lowest BCUT2D eigenvalue weighted by Crippen LogP contribution is -2.31. The summed E-state index contributed by atoms with van der Waals surface area (Å²) < 4.78 is 11.3. The summed E-state index contributed by atoms with van der Waals surface area (Å²) in [6.45, 7) is 6.55. The molecule has 1 aromatic heterocycles. The van der Waals surface area contributed by atoms with E-state index in [1.807, 2.05) is 43.3 Å². The quantitative estimate of drug-likeness (QED) is 0.296. The number of aryl methyl sites for hydroxylation is 1. The summed E-state index contributed by atoms with van der Waals surface area (Å²) in [5.74, 6) is 0.994. The molecule has 0 unspecified atom stereocenters. The van der Waals surface area contributed by atoms with E-state index in [4.69, 9.17) is 20.8 Å². The first-order valence-electron chi connectivity index (χ1n) is 12.1. The maximum absolute atomic E-state index is 13.8. The molecule has 0 fully saturated rings. The fourth-order valence-electron chi connectivity index (χ4n) is 4.82. The minimum atomic E-state index is -0.535. The Hall–Kier alpha value is -3.57. The Kier molecular flexibility index (Phi) is 6.35. The van der Waals surface area contributed by atoms with Crippen LogP contribution in [0.5, 0.6) is 5.75 Å². The second kappa shape index (κ2) is 9.47. The van der Waals surface area contributed by atoms with Crippen molar-refractivity contribution in [3.05, 3.63) is 109 Å². The highest BCUT2D eigenvalue weighted by atomic mass is 35.5. The average molecular weight is 502 g/mol. The summed E-state index contributed by atoms with van der Waals surface area (Å²) in [6, 6.07) is 18.8. The lowest BCUT2D eigenvalue weighted by molar-refractivity contribution is 0.0730. The van der Waals surface area contributed by atoms with E-state index in [2.05, 4.69) is 26.0 Å². The number of benzene rings is 3. The van der Waals surface area contributed by atoms with E-state index in [1.165, 1.54) is 5.56 Å². The van der Waals surface area contributed by atoms with Crippen molar-refractivity contribution in [1.29, 1.82) is 0 Å². The van der Waals surface area contributed by atoms with Gasteiger partial charge in [-0.3, -0.25) is 9.59 Å². The van der Waals surface area contributed by atoms with Gasteiger partial charge >= 0.3 is 0 Å². The number of rotatable bonds is 6. The van der Waals surface area contributed by atoms with E-state index in [-0.39, 0.29) is 17.1 Å². The third-order valence-electron chi connectivity index (χ3n) is 6.97. The van der Waals surface area contributed by atoms with Crippen LogP contribution in [0.4, 0.5) is 0 Å². The first kappa shape index (κ1) is 24.1. The summed E-state index contributed by atoms with van der Waals surface area (Å²) in [5.41, 5.74) is 4.47. The molecule has 0 N–H and O–H groups in total. The largest absolute Gasteiger partial charge is 0.497 e. The highest BCUT2D eigenvalue weighted by Gasteiger charge is 2.42. The van der Waals surface area contributed by atoms with Crippen molar-refractivity contribution in [2.45, 2.75) is 39.2 Å². The van der Waals surface area contributed by atoms with E-state index in [0.29, 0.717) is 40.4 Å². The molecule has 0 saturated carbocycles. The van der Waals surface area contributed by atoms with Crippen LogP contribution in [0.15, 0.2) is 69.9 Å². The number of ether oxygens (including phenoxy) is 1. The molecule has 2 heterocycles. The van der Waals surface area contributed by atoms with Gasteiger partial charge < -0.3 is 14.1 Å². The molecule has 1 atom stereocenters. The summed E-state index contributed by atoms with van der Waals surface area (Å²) >= 11 is 6.34. The third-order valence-corrected chi connectivity index (χ3v) is 7.37. The van der Waals surface area contributed by atoms with Crippen LogP contribution in [0.25, 0.3) is 11.0 Å². The zero-order valence-electron chi connectivity index (χ0n) is 20.8. The topological polar surface area (TPSA) is 59.8 Å². The SMILES string of the molecule is COc1ccc(CCN2C(=O)c3oc4cc(C)c(Cl)cc4c(=O)c3[C@H]2c2ccc(C(C)C)cc2)cc1. The molecule has 0 saturated heterocycles. The van der Waals surface area contributed by atoms with Crippen LogP contribution in [-0.4, -0.2) is 24.5 Å². The molecular formula is C30H28ClNO4. The Bertz CT molecular complexity index is 1500. The second-order valence-electron chi connectivity index (χ2n) is 9.59. The van der Waals surface area contributed by atoms with Crippen LogP contribution >= 0.6 is 11.6 Å². The fraction of sp³-hybridized carbons (Fsp3) is 0.267. The zero-order valence-corrected chi connectivity index (χ0v) is 21.6. The van der Waals surface area contributed by atoms with Gasteiger partial charge in [-0.25, -0.2) is 0 Å². The highest BCUT2D eigenvalue weighted by Crippen LogP contribution is 2.39. The number of amides is 1. The molecule has 0 spiro atoms. The molecule has 184 valence electrons.